The number of aromatic amines is 1. The minimum absolute atomic E-state index is 0.0372. The van der Waals surface area contributed by atoms with Crippen LogP contribution in [0.25, 0.3) is 0 Å². The molecule has 3 aliphatic heterocycles. The number of unbranched alkanes of at least 4 members (excludes halogenated alkanes) is 2. The van der Waals surface area contributed by atoms with Gasteiger partial charge in [0.1, 0.15) is 66.5 Å². The zero-order valence-electron chi connectivity index (χ0n) is 50.2. The van der Waals surface area contributed by atoms with Gasteiger partial charge in [-0.3, -0.25) is 57.5 Å². The number of amides is 11. The van der Waals surface area contributed by atoms with Crippen LogP contribution in [-0.2, 0) is 68.7 Å². The quantitative estimate of drug-likeness (QED) is 0.0273. The van der Waals surface area contributed by atoms with Gasteiger partial charge in [-0.15, -0.1) is 0 Å². The van der Waals surface area contributed by atoms with Crippen LogP contribution < -0.4 is 64.6 Å². The van der Waals surface area contributed by atoms with E-state index in [9.17, 15) is 98.1 Å². The third-order valence-corrected chi connectivity index (χ3v) is 15.3. The fourth-order valence-corrected chi connectivity index (χ4v) is 10.4. The summed E-state index contributed by atoms with van der Waals surface area (Å²) in [5.41, 5.74) is 11.5. The van der Waals surface area contributed by atoms with Gasteiger partial charge in [0.2, 0.25) is 65.0 Å². The van der Waals surface area contributed by atoms with Crippen molar-refractivity contribution >= 4 is 76.9 Å². The van der Waals surface area contributed by atoms with Gasteiger partial charge in [0.25, 0.3) is 0 Å². The number of nitrogens with one attached hydrogen (secondary N) is 11. The lowest BCUT2D eigenvalue weighted by molar-refractivity contribution is -0.149. The van der Waals surface area contributed by atoms with Gasteiger partial charge in [-0.2, -0.15) is 0 Å². The molecule has 1 aromatic rings. The number of carboxylic acids is 2. The number of carbonyl (C=O) groups excluding carboxylic acids is 11. The topological polar surface area (TPSA) is 571 Å². The molecule has 3 aliphatic rings. The lowest BCUT2D eigenvalue weighted by Gasteiger charge is -2.33. The molecule has 11 amide bonds. The first kappa shape index (κ1) is 74.5. The van der Waals surface area contributed by atoms with Gasteiger partial charge in [0.05, 0.1) is 56.5 Å². The number of hydrogen-bond acceptors (Lipinski definition) is 22. The Labute approximate surface area is 517 Å². The molecule has 14 atom stereocenters. The first-order valence-electron chi connectivity index (χ1n) is 29.9. The highest BCUT2D eigenvalue weighted by atomic mass is 16.4. The van der Waals surface area contributed by atoms with Gasteiger partial charge in [-0.25, -0.2) is 9.78 Å². The number of nitrogens with zero attached hydrogens (tertiary/aromatic N) is 3. The number of carbonyl (C=O) groups is 13. The predicted molar refractivity (Wildman–Crippen MR) is 310 cm³/mol. The number of nitrogens with two attached hydrogens (primary N) is 2. The van der Waals surface area contributed by atoms with Crippen LogP contribution in [0.2, 0.25) is 0 Å². The highest BCUT2D eigenvalue weighted by molar-refractivity contribution is 6.00. The molecule has 0 bridgehead atoms. The zero-order valence-corrected chi connectivity index (χ0v) is 50.2. The molecule has 0 radical (unpaired) electrons. The third-order valence-electron chi connectivity index (χ3n) is 15.3. The SMILES string of the molecule is C[C@@H](O)[C@H](NC(=O)[C@H](CCCCN)NC(=O)[C@H](CC(=O)O)NC(=O)[C@H](CO)NC(=O)[C@H](CCCCN)NC(=O)[C@@H]1CCCN1)C(=O)N[C@@H](Cc1c[nH]cn1)C(=O)N[C@H](C(=O)N[C@@H](CO)C(=O)N1CCC[C@H]1C(=O)N1CCC[C@H]1C(=O)N[C@@H](CO)C(=O)O)[C@@H](C)O. The summed E-state index contributed by atoms with van der Waals surface area (Å²) < 4.78 is 0. The van der Waals surface area contributed by atoms with Gasteiger partial charge < -0.3 is 115 Å². The fourth-order valence-electron chi connectivity index (χ4n) is 10.4. The van der Waals surface area contributed by atoms with Crippen molar-refractivity contribution in [3.63, 3.8) is 0 Å². The van der Waals surface area contributed by atoms with E-state index in [4.69, 9.17) is 11.5 Å². The van der Waals surface area contributed by atoms with Crippen LogP contribution in [0.5, 0.6) is 0 Å². The van der Waals surface area contributed by atoms with E-state index in [0.717, 1.165) is 25.2 Å². The van der Waals surface area contributed by atoms with Crippen LogP contribution in [0.4, 0.5) is 0 Å². The summed E-state index contributed by atoms with van der Waals surface area (Å²) in [5, 5.41) is 94.9. The summed E-state index contributed by atoms with van der Waals surface area (Å²) in [4.78, 5) is 184. The van der Waals surface area contributed by atoms with E-state index in [-0.39, 0.29) is 76.8 Å². The van der Waals surface area contributed by atoms with Crippen molar-refractivity contribution in [2.24, 2.45) is 11.5 Å². The Hall–Kier alpha value is -8.00. The Balaban J connectivity index is 1.49. The Bertz CT molecular complexity index is 2630. The molecule has 3 saturated heterocycles. The first-order valence-corrected chi connectivity index (χ1v) is 29.9. The number of carboxylic acid groups (broad SMARTS) is 2. The average molecular weight is 1280 g/mol. The van der Waals surface area contributed by atoms with Crippen LogP contribution in [-0.4, -0.2) is 270 Å². The molecule has 0 unspecified atom stereocenters. The molecule has 0 aliphatic carbocycles. The number of aliphatic carboxylic acids is 2. The molecule has 4 heterocycles. The second kappa shape index (κ2) is 37.2. The molecule has 90 heavy (non-hydrogen) atoms. The second-order valence-electron chi connectivity index (χ2n) is 22.2. The van der Waals surface area contributed by atoms with Crippen LogP contribution in [0.15, 0.2) is 12.5 Å². The van der Waals surface area contributed by atoms with Crippen LogP contribution in [0.1, 0.15) is 103 Å². The van der Waals surface area contributed by atoms with E-state index in [1.54, 1.807) is 0 Å². The second-order valence-corrected chi connectivity index (χ2v) is 22.2. The molecule has 0 spiro atoms. The van der Waals surface area contributed by atoms with E-state index < -0.39 is 194 Å². The average Bonchev–Trinajstić information content (AvgIpc) is 2.46. The summed E-state index contributed by atoms with van der Waals surface area (Å²) in [6.45, 7) is 0.148. The number of aliphatic hydroxyl groups excluding tert-OH is 5. The van der Waals surface area contributed by atoms with Gasteiger partial charge in [0.15, 0.2) is 0 Å². The van der Waals surface area contributed by atoms with E-state index in [1.165, 1.54) is 17.4 Å². The summed E-state index contributed by atoms with van der Waals surface area (Å²) in [6.07, 6.45) is 0.777. The molecular weight excluding hydrogens is 1190 g/mol. The summed E-state index contributed by atoms with van der Waals surface area (Å²) >= 11 is 0. The third kappa shape index (κ3) is 22.2. The van der Waals surface area contributed by atoms with E-state index in [1.807, 2.05) is 0 Å². The van der Waals surface area contributed by atoms with Gasteiger partial charge in [0, 0.05) is 25.7 Å². The lowest BCUT2D eigenvalue weighted by atomic mass is 10.0. The standard InChI is InChI=1S/C54H88N16O20/c1-27(74)41(67-45(80)32(11-4-6-16-56)61-46(81)34(21-40(76)77)62-48(83)35(23-71)64-44(79)31(10-3-5-15-55)60-43(78)30-12-7-17-58-30)50(85)63-33(20-29-22-57-26-59-29)47(82)68-42(28(2)75)51(86)65-36(24-72)52(87)70-19-9-14-39(70)53(88)69-18-8-13-38(69)49(84)66-37(25-73)54(89)90/h22,26-28,30-39,41-42,58,71-75H,3-21,23-25,55-56H2,1-2H3,(H,57,59)(H,60,78)(H,61,81)(H,62,83)(H,63,85)(H,64,79)(H,65,86)(H,66,84)(H,67,80)(H,68,82)(H,76,77)(H,89,90)/t27-,28-,30+,31+,32+,33+,34+,35+,36+,37+,38+,39+,41+,42+/m1/s1. The number of aliphatic hydroxyl groups is 5. The number of likely N-dealkylation sites (tertiary alicyclic amines) is 2. The molecule has 36 nitrogen and oxygen atoms in total. The maximum Gasteiger partial charge on any atom is 0.328 e. The minimum atomic E-state index is -1.97. The zero-order chi connectivity index (χ0) is 66.8. The number of aromatic nitrogens is 2. The van der Waals surface area contributed by atoms with Crippen molar-refractivity contribution in [1.82, 2.24) is 72.9 Å². The maximum atomic E-state index is 14.2. The Morgan fingerprint density at radius 1 is 0.556 bits per heavy atom. The van der Waals surface area contributed by atoms with E-state index in [0.29, 0.717) is 32.2 Å². The largest absolute Gasteiger partial charge is 0.481 e. The minimum Gasteiger partial charge on any atom is -0.481 e. The van der Waals surface area contributed by atoms with Crippen molar-refractivity contribution < 1.29 is 98.1 Å². The fraction of sp³-hybridized carbons (Fsp3) is 0.704. The van der Waals surface area contributed by atoms with Gasteiger partial charge in [-0.05, 0) is 111 Å². The van der Waals surface area contributed by atoms with Crippen molar-refractivity contribution in [3.05, 3.63) is 18.2 Å². The molecule has 0 saturated carbocycles. The molecule has 3 fully saturated rings. The van der Waals surface area contributed by atoms with Crippen LogP contribution in [0.3, 0.4) is 0 Å². The normalized spacial score (nSPS) is 20.0. The van der Waals surface area contributed by atoms with Crippen molar-refractivity contribution in [2.45, 2.75) is 188 Å². The highest BCUT2D eigenvalue weighted by Crippen LogP contribution is 2.26. The van der Waals surface area contributed by atoms with Gasteiger partial charge >= 0.3 is 11.9 Å². The number of imidazole rings is 1. The molecule has 504 valence electrons. The number of rotatable bonds is 38. The number of H-pyrrole nitrogens is 1. The Kier molecular flexibility index (Phi) is 30.8. The molecule has 0 aromatic carbocycles. The molecule has 1 aromatic heterocycles. The van der Waals surface area contributed by atoms with Crippen molar-refractivity contribution in [2.75, 3.05) is 52.5 Å². The van der Waals surface area contributed by atoms with Crippen LogP contribution >= 0.6 is 0 Å². The number of hydrogen-bond donors (Lipinski definition) is 20. The Morgan fingerprint density at radius 3 is 1.54 bits per heavy atom. The summed E-state index contributed by atoms with van der Waals surface area (Å²) in [6, 6.07) is -18.5. The smallest absolute Gasteiger partial charge is 0.328 e. The van der Waals surface area contributed by atoms with Crippen LogP contribution in [0, 0.1) is 0 Å². The monoisotopic (exact) mass is 1280 g/mol. The summed E-state index contributed by atoms with van der Waals surface area (Å²) in [7, 11) is 0. The maximum absolute atomic E-state index is 14.2. The van der Waals surface area contributed by atoms with E-state index >= 15 is 0 Å². The Morgan fingerprint density at radius 2 is 1.03 bits per heavy atom. The predicted octanol–water partition coefficient (Wildman–Crippen LogP) is -9.39. The molecule has 36 heteroatoms. The molecular formula is C54H88N16O20. The van der Waals surface area contributed by atoms with Crippen molar-refractivity contribution in [1.29, 1.82) is 0 Å². The molecule has 22 N–H and O–H groups in total. The highest BCUT2D eigenvalue weighted by Gasteiger charge is 2.45. The van der Waals surface area contributed by atoms with Crippen molar-refractivity contribution in [3.8, 4) is 0 Å². The van der Waals surface area contributed by atoms with Gasteiger partial charge in [-0.1, -0.05) is 0 Å². The molecule has 4 rings (SSSR count). The lowest BCUT2D eigenvalue weighted by Crippen LogP contribution is -2.63. The van der Waals surface area contributed by atoms with E-state index in [2.05, 4.69) is 63.1 Å². The summed E-state index contributed by atoms with van der Waals surface area (Å²) in [5.74, 6) is -14.2. The first-order chi connectivity index (χ1) is 42.8.